The fraction of sp³-hybridized carbons (Fsp3) is 0.941. The Bertz CT molecular complexity index is 391. The van der Waals surface area contributed by atoms with E-state index in [1.807, 2.05) is 0 Å². The van der Waals surface area contributed by atoms with Crippen LogP contribution in [0.5, 0.6) is 0 Å². The summed E-state index contributed by atoms with van der Waals surface area (Å²) in [5, 5.41) is 3.39. The molecular formula is C17H29N3O2. The average molecular weight is 307 g/mol. The summed E-state index contributed by atoms with van der Waals surface area (Å²) in [4.78, 5) is 17.3. The molecule has 0 aromatic rings. The monoisotopic (exact) mass is 307 g/mol. The first kappa shape index (κ1) is 14.8. The molecule has 4 fully saturated rings. The Morgan fingerprint density at radius 3 is 2.36 bits per heavy atom. The van der Waals surface area contributed by atoms with Gasteiger partial charge in [0.25, 0.3) is 0 Å². The molecule has 0 aromatic carbocycles. The lowest BCUT2D eigenvalue weighted by Gasteiger charge is -2.33. The second-order valence-corrected chi connectivity index (χ2v) is 7.55. The molecule has 22 heavy (non-hydrogen) atoms. The summed E-state index contributed by atoms with van der Waals surface area (Å²) in [7, 11) is 0. The molecule has 2 aliphatic carbocycles. The molecular weight excluding hydrogens is 278 g/mol. The Morgan fingerprint density at radius 1 is 1.05 bits per heavy atom. The Morgan fingerprint density at radius 2 is 1.73 bits per heavy atom. The predicted octanol–water partition coefficient (Wildman–Crippen LogP) is 1.68. The summed E-state index contributed by atoms with van der Waals surface area (Å²) in [6, 6.07) is 1.08. The molecule has 1 N–H and O–H groups in total. The molecule has 124 valence electrons. The van der Waals surface area contributed by atoms with Crippen LogP contribution in [0, 0.1) is 11.8 Å². The molecule has 4 rings (SSSR count). The number of amides is 2. The van der Waals surface area contributed by atoms with Gasteiger partial charge in [0.15, 0.2) is 0 Å². The molecule has 0 aromatic heterocycles. The van der Waals surface area contributed by atoms with Crippen molar-refractivity contribution in [1.29, 1.82) is 0 Å². The van der Waals surface area contributed by atoms with Gasteiger partial charge >= 0.3 is 6.03 Å². The van der Waals surface area contributed by atoms with Crippen molar-refractivity contribution < 1.29 is 9.53 Å². The summed E-state index contributed by atoms with van der Waals surface area (Å²) in [6.07, 6.45) is 7.58. The van der Waals surface area contributed by atoms with Crippen LogP contribution in [0.25, 0.3) is 0 Å². The standard InChI is InChI=1S/C17H29N3O2/c21-17(18-16(13-3-4-13)14-5-6-14)20-7-1-2-15(20)12-19-8-10-22-11-9-19/h13-16H,1-12H2,(H,18,21). The highest BCUT2D eigenvalue weighted by Gasteiger charge is 2.43. The SMILES string of the molecule is O=C(NC(C1CC1)C1CC1)N1CCCC1CN1CCOCC1. The van der Waals surface area contributed by atoms with E-state index >= 15 is 0 Å². The molecule has 4 aliphatic rings. The zero-order chi connectivity index (χ0) is 14.9. The molecule has 2 saturated heterocycles. The fourth-order valence-electron chi connectivity index (χ4n) is 4.13. The van der Waals surface area contributed by atoms with E-state index in [9.17, 15) is 4.79 Å². The number of nitrogens with zero attached hydrogens (tertiary/aromatic N) is 2. The number of nitrogens with one attached hydrogen (secondary N) is 1. The molecule has 1 unspecified atom stereocenters. The third-order valence-corrected chi connectivity index (χ3v) is 5.76. The highest BCUT2D eigenvalue weighted by atomic mass is 16.5. The van der Waals surface area contributed by atoms with E-state index in [1.54, 1.807) is 0 Å². The van der Waals surface area contributed by atoms with Crippen molar-refractivity contribution >= 4 is 6.03 Å². The third-order valence-electron chi connectivity index (χ3n) is 5.76. The Balaban J connectivity index is 1.32. The van der Waals surface area contributed by atoms with Crippen LogP contribution in [0.2, 0.25) is 0 Å². The highest BCUT2D eigenvalue weighted by Crippen LogP contribution is 2.44. The maximum Gasteiger partial charge on any atom is 0.317 e. The van der Waals surface area contributed by atoms with E-state index in [0.29, 0.717) is 12.1 Å². The minimum Gasteiger partial charge on any atom is -0.379 e. The predicted molar refractivity (Wildman–Crippen MR) is 84.8 cm³/mol. The Hall–Kier alpha value is -0.810. The number of hydrogen-bond donors (Lipinski definition) is 1. The van der Waals surface area contributed by atoms with E-state index in [4.69, 9.17) is 4.74 Å². The van der Waals surface area contributed by atoms with Gasteiger partial charge in [0.2, 0.25) is 0 Å². The molecule has 2 aliphatic heterocycles. The largest absolute Gasteiger partial charge is 0.379 e. The second kappa shape index (κ2) is 6.36. The maximum absolute atomic E-state index is 12.7. The topological polar surface area (TPSA) is 44.8 Å². The molecule has 0 radical (unpaired) electrons. The van der Waals surface area contributed by atoms with E-state index in [2.05, 4.69) is 15.1 Å². The molecule has 0 bridgehead atoms. The van der Waals surface area contributed by atoms with Crippen LogP contribution in [-0.4, -0.2) is 67.3 Å². The van der Waals surface area contributed by atoms with Crippen molar-refractivity contribution in [3.63, 3.8) is 0 Å². The van der Waals surface area contributed by atoms with Gasteiger partial charge in [-0.25, -0.2) is 4.79 Å². The molecule has 2 heterocycles. The van der Waals surface area contributed by atoms with Gasteiger partial charge in [0, 0.05) is 38.3 Å². The van der Waals surface area contributed by atoms with Gasteiger partial charge in [0.1, 0.15) is 0 Å². The smallest absolute Gasteiger partial charge is 0.317 e. The number of morpholine rings is 1. The summed E-state index contributed by atoms with van der Waals surface area (Å²) in [5.41, 5.74) is 0. The summed E-state index contributed by atoms with van der Waals surface area (Å²) < 4.78 is 5.42. The van der Waals surface area contributed by atoms with Crippen molar-refractivity contribution in [3.8, 4) is 0 Å². The first-order valence-corrected chi connectivity index (χ1v) is 9.18. The van der Waals surface area contributed by atoms with E-state index in [-0.39, 0.29) is 6.03 Å². The maximum atomic E-state index is 12.7. The van der Waals surface area contributed by atoms with Crippen LogP contribution >= 0.6 is 0 Å². The minimum absolute atomic E-state index is 0.208. The van der Waals surface area contributed by atoms with E-state index in [0.717, 1.165) is 64.1 Å². The van der Waals surface area contributed by atoms with Crippen molar-refractivity contribution in [2.75, 3.05) is 39.4 Å². The molecule has 5 nitrogen and oxygen atoms in total. The van der Waals surface area contributed by atoms with Crippen LogP contribution in [0.1, 0.15) is 38.5 Å². The molecule has 2 amide bonds. The van der Waals surface area contributed by atoms with Gasteiger partial charge < -0.3 is 15.0 Å². The van der Waals surface area contributed by atoms with Gasteiger partial charge in [-0.15, -0.1) is 0 Å². The second-order valence-electron chi connectivity index (χ2n) is 7.55. The quantitative estimate of drug-likeness (QED) is 0.840. The zero-order valence-electron chi connectivity index (χ0n) is 13.5. The number of carbonyl (C=O) groups excluding carboxylic acids is 1. The van der Waals surface area contributed by atoms with Crippen LogP contribution < -0.4 is 5.32 Å². The van der Waals surface area contributed by atoms with Crippen LogP contribution in [-0.2, 0) is 4.74 Å². The first-order valence-electron chi connectivity index (χ1n) is 9.18. The van der Waals surface area contributed by atoms with Gasteiger partial charge in [-0.05, 0) is 50.4 Å². The summed E-state index contributed by atoms with van der Waals surface area (Å²) in [6.45, 7) is 5.66. The number of urea groups is 1. The molecule has 0 spiro atoms. The lowest BCUT2D eigenvalue weighted by atomic mass is 10.1. The van der Waals surface area contributed by atoms with Crippen molar-refractivity contribution in [1.82, 2.24) is 15.1 Å². The number of carbonyl (C=O) groups is 1. The normalized spacial score (nSPS) is 30.0. The lowest BCUT2D eigenvalue weighted by molar-refractivity contribution is 0.0291. The van der Waals surface area contributed by atoms with Crippen molar-refractivity contribution in [2.24, 2.45) is 11.8 Å². The number of ether oxygens (including phenoxy) is 1. The lowest BCUT2D eigenvalue weighted by Crippen LogP contribution is -2.52. The molecule has 2 saturated carbocycles. The van der Waals surface area contributed by atoms with Gasteiger partial charge in [0.05, 0.1) is 13.2 Å². The average Bonchev–Trinajstić information content (AvgIpc) is 3.45. The van der Waals surface area contributed by atoms with Crippen LogP contribution in [0.15, 0.2) is 0 Å². The number of likely N-dealkylation sites (tertiary alicyclic amines) is 1. The highest BCUT2D eigenvalue weighted by molar-refractivity contribution is 5.75. The van der Waals surface area contributed by atoms with Crippen LogP contribution in [0.4, 0.5) is 4.79 Å². The summed E-state index contributed by atoms with van der Waals surface area (Å²) >= 11 is 0. The Labute approximate surface area is 133 Å². The van der Waals surface area contributed by atoms with Gasteiger partial charge in [-0.3, -0.25) is 4.90 Å². The third kappa shape index (κ3) is 3.40. The van der Waals surface area contributed by atoms with Crippen LogP contribution in [0.3, 0.4) is 0 Å². The fourth-order valence-corrected chi connectivity index (χ4v) is 4.13. The molecule has 1 atom stereocenters. The first-order chi connectivity index (χ1) is 10.8. The van der Waals surface area contributed by atoms with E-state index < -0.39 is 0 Å². The van der Waals surface area contributed by atoms with Crippen molar-refractivity contribution in [3.05, 3.63) is 0 Å². The van der Waals surface area contributed by atoms with Gasteiger partial charge in [-0.2, -0.15) is 0 Å². The van der Waals surface area contributed by atoms with E-state index in [1.165, 1.54) is 25.7 Å². The van der Waals surface area contributed by atoms with Crippen molar-refractivity contribution in [2.45, 2.75) is 50.6 Å². The summed E-state index contributed by atoms with van der Waals surface area (Å²) in [5.74, 6) is 1.55. The number of hydrogen-bond acceptors (Lipinski definition) is 3. The number of rotatable bonds is 5. The van der Waals surface area contributed by atoms with Gasteiger partial charge in [-0.1, -0.05) is 0 Å². The molecule has 5 heteroatoms. The minimum atomic E-state index is 0.208. The Kier molecular flexibility index (Phi) is 4.27. The zero-order valence-corrected chi connectivity index (χ0v) is 13.5.